The van der Waals surface area contributed by atoms with Crippen molar-refractivity contribution >= 4 is 11.3 Å². The van der Waals surface area contributed by atoms with E-state index in [9.17, 15) is 0 Å². The average Bonchev–Trinajstić information content (AvgIpc) is 2.65. The molecule has 92 valence electrons. The van der Waals surface area contributed by atoms with Gasteiger partial charge in [-0.3, -0.25) is 4.90 Å². The second-order valence-corrected chi connectivity index (χ2v) is 5.41. The molecular weight excluding hydrogens is 216 g/mol. The fourth-order valence-corrected chi connectivity index (χ4v) is 3.29. The van der Waals surface area contributed by atoms with Crippen molar-refractivity contribution in [2.24, 2.45) is 5.73 Å². The molecule has 0 aliphatic rings. The molecule has 16 heavy (non-hydrogen) atoms. The summed E-state index contributed by atoms with van der Waals surface area (Å²) in [6.45, 7) is 7.67. The van der Waals surface area contributed by atoms with Crippen LogP contribution in [0.15, 0.2) is 11.4 Å². The van der Waals surface area contributed by atoms with E-state index < -0.39 is 0 Å². The molecule has 0 fully saturated rings. The van der Waals surface area contributed by atoms with E-state index in [-0.39, 0.29) is 6.04 Å². The maximum absolute atomic E-state index is 6.27. The third-order valence-corrected chi connectivity index (χ3v) is 4.19. The molecule has 2 unspecified atom stereocenters. The molecule has 0 saturated heterocycles. The van der Waals surface area contributed by atoms with Gasteiger partial charge >= 0.3 is 0 Å². The molecule has 0 amide bonds. The Balaban J connectivity index is 2.91. The molecule has 0 bridgehead atoms. The van der Waals surface area contributed by atoms with Gasteiger partial charge in [-0.25, -0.2) is 0 Å². The minimum Gasteiger partial charge on any atom is -0.326 e. The quantitative estimate of drug-likeness (QED) is 0.827. The largest absolute Gasteiger partial charge is 0.326 e. The third-order valence-electron chi connectivity index (χ3n) is 3.10. The number of nitrogens with zero attached hydrogens (tertiary/aromatic N) is 1. The fraction of sp³-hybridized carbons (Fsp3) is 0.692. The standard InChI is InChI=1S/C13H24N2S/c1-5-8-15(4)12(11(14)6-2)13-10(3)7-9-16-13/h7,9,11-12H,5-6,8,14H2,1-4H3. The maximum Gasteiger partial charge on any atom is 0.0593 e. The maximum atomic E-state index is 6.27. The number of aryl methyl sites for hydroxylation is 1. The van der Waals surface area contributed by atoms with Gasteiger partial charge < -0.3 is 5.73 Å². The topological polar surface area (TPSA) is 29.3 Å². The van der Waals surface area contributed by atoms with Gasteiger partial charge in [0, 0.05) is 10.9 Å². The Kier molecular flexibility index (Phi) is 5.46. The van der Waals surface area contributed by atoms with Crippen molar-refractivity contribution in [3.05, 3.63) is 21.9 Å². The molecular formula is C13H24N2S. The van der Waals surface area contributed by atoms with Crippen LogP contribution in [0.1, 0.15) is 43.2 Å². The molecule has 1 heterocycles. The zero-order chi connectivity index (χ0) is 12.1. The van der Waals surface area contributed by atoms with E-state index >= 15 is 0 Å². The highest BCUT2D eigenvalue weighted by atomic mass is 32.1. The molecule has 0 aliphatic heterocycles. The van der Waals surface area contributed by atoms with Crippen molar-refractivity contribution in [2.45, 2.75) is 45.7 Å². The Morgan fingerprint density at radius 3 is 2.56 bits per heavy atom. The number of rotatable bonds is 6. The summed E-state index contributed by atoms with van der Waals surface area (Å²) >= 11 is 1.83. The van der Waals surface area contributed by atoms with Crippen LogP contribution in [0.2, 0.25) is 0 Å². The number of nitrogens with two attached hydrogens (primary N) is 1. The van der Waals surface area contributed by atoms with Crippen molar-refractivity contribution < 1.29 is 0 Å². The van der Waals surface area contributed by atoms with Gasteiger partial charge in [0.05, 0.1) is 6.04 Å². The molecule has 0 radical (unpaired) electrons. The first kappa shape index (κ1) is 13.7. The second kappa shape index (κ2) is 6.38. The van der Waals surface area contributed by atoms with E-state index in [1.165, 1.54) is 16.9 Å². The molecule has 2 N–H and O–H groups in total. The van der Waals surface area contributed by atoms with Gasteiger partial charge in [0.25, 0.3) is 0 Å². The molecule has 0 saturated carbocycles. The monoisotopic (exact) mass is 240 g/mol. The van der Waals surface area contributed by atoms with Crippen LogP contribution < -0.4 is 5.73 Å². The molecule has 1 rings (SSSR count). The highest BCUT2D eigenvalue weighted by Crippen LogP contribution is 2.31. The van der Waals surface area contributed by atoms with E-state index in [1.54, 1.807) is 0 Å². The summed E-state index contributed by atoms with van der Waals surface area (Å²) in [5, 5.41) is 2.17. The number of thiophene rings is 1. The van der Waals surface area contributed by atoms with Gasteiger partial charge in [-0.05, 0) is 50.4 Å². The van der Waals surface area contributed by atoms with Gasteiger partial charge in [-0.15, -0.1) is 11.3 Å². The Bertz CT molecular complexity index is 309. The van der Waals surface area contributed by atoms with Gasteiger partial charge in [-0.2, -0.15) is 0 Å². The first-order valence-electron chi connectivity index (χ1n) is 6.11. The first-order chi connectivity index (χ1) is 7.61. The predicted molar refractivity (Wildman–Crippen MR) is 73.0 cm³/mol. The molecule has 0 spiro atoms. The fourth-order valence-electron chi connectivity index (χ4n) is 2.12. The van der Waals surface area contributed by atoms with E-state index in [1.807, 2.05) is 11.3 Å². The van der Waals surface area contributed by atoms with E-state index in [2.05, 4.69) is 44.2 Å². The highest BCUT2D eigenvalue weighted by molar-refractivity contribution is 7.10. The van der Waals surface area contributed by atoms with Crippen LogP contribution in [-0.4, -0.2) is 24.5 Å². The summed E-state index contributed by atoms with van der Waals surface area (Å²) in [7, 11) is 2.18. The Morgan fingerprint density at radius 1 is 1.44 bits per heavy atom. The molecule has 3 heteroatoms. The second-order valence-electron chi connectivity index (χ2n) is 4.47. The summed E-state index contributed by atoms with van der Waals surface area (Å²) in [5.74, 6) is 0. The van der Waals surface area contributed by atoms with Crippen LogP contribution in [-0.2, 0) is 0 Å². The van der Waals surface area contributed by atoms with Gasteiger partial charge in [-0.1, -0.05) is 13.8 Å². The number of hydrogen-bond donors (Lipinski definition) is 1. The summed E-state index contributed by atoms with van der Waals surface area (Å²) < 4.78 is 0. The zero-order valence-electron chi connectivity index (χ0n) is 10.9. The van der Waals surface area contributed by atoms with Gasteiger partial charge in [0.1, 0.15) is 0 Å². The molecule has 1 aromatic rings. The van der Waals surface area contributed by atoms with Gasteiger partial charge in [0.15, 0.2) is 0 Å². The van der Waals surface area contributed by atoms with Crippen LogP contribution in [0.5, 0.6) is 0 Å². The molecule has 0 aromatic carbocycles. The van der Waals surface area contributed by atoms with E-state index in [4.69, 9.17) is 5.73 Å². The van der Waals surface area contributed by atoms with Crippen molar-refractivity contribution in [1.29, 1.82) is 0 Å². The Morgan fingerprint density at radius 2 is 2.12 bits per heavy atom. The molecule has 0 aliphatic carbocycles. The summed E-state index contributed by atoms with van der Waals surface area (Å²) in [6.07, 6.45) is 2.20. The summed E-state index contributed by atoms with van der Waals surface area (Å²) in [6, 6.07) is 2.80. The molecule has 1 aromatic heterocycles. The van der Waals surface area contributed by atoms with Crippen molar-refractivity contribution in [3.8, 4) is 0 Å². The lowest BCUT2D eigenvalue weighted by molar-refractivity contribution is 0.213. The minimum atomic E-state index is 0.230. The highest BCUT2D eigenvalue weighted by Gasteiger charge is 2.24. The van der Waals surface area contributed by atoms with E-state index in [0.29, 0.717) is 6.04 Å². The Labute approximate surface area is 103 Å². The third kappa shape index (κ3) is 3.06. The smallest absolute Gasteiger partial charge is 0.0593 e. The lowest BCUT2D eigenvalue weighted by Crippen LogP contribution is -2.39. The zero-order valence-corrected chi connectivity index (χ0v) is 11.7. The normalized spacial score (nSPS) is 15.4. The average molecular weight is 240 g/mol. The van der Waals surface area contributed by atoms with Gasteiger partial charge in [0.2, 0.25) is 0 Å². The van der Waals surface area contributed by atoms with Crippen LogP contribution in [0.25, 0.3) is 0 Å². The van der Waals surface area contributed by atoms with Crippen LogP contribution in [0.3, 0.4) is 0 Å². The predicted octanol–water partition coefficient (Wildman–Crippen LogP) is 3.18. The van der Waals surface area contributed by atoms with Crippen LogP contribution in [0, 0.1) is 6.92 Å². The Hall–Kier alpha value is -0.380. The van der Waals surface area contributed by atoms with Crippen LogP contribution in [0.4, 0.5) is 0 Å². The SMILES string of the molecule is CCCN(C)C(c1sccc1C)C(N)CC. The van der Waals surface area contributed by atoms with Crippen LogP contribution >= 0.6 is 11.3 Å². The first-order valence-corrected chi connectivity index (χ1v) is 6.99. The van der Waals surface area contributed by atoms with Crippen molar-refractivity contribution in [2.75, 3.05) is 13.6 Å². The molecule has 2 nitrogen and oxygen atoms in total. The summed E-state index contributed by atoms with van der Waals surface area (Å²) in [4.78, 5) is 3.83. The summed E-state index contributed by atoms with van der Waals surface area (Å²) in [5.41, 5.74) is 7.65. The van der Waals surface area contributed by atoms with Crippen molar-refractivity contribution in [1.82, 2.24) is 4.90 Å². The lowest BCUT2D eigenvalue weighted by Gasteiger charge is -2.32. The van der Waals surface area contributed by atoms with Crippen molar-refractivity contribution in [3.63, 3.8) is 0 Å². The lowest BCUT2D eigenvalue weighted by atomic mass is 10.0. The van der Waals surface area contributed by atoms with E-state index in [0.717, 1.165) is 13.0 Å². The minimum absolute atomic E-state index is 0.230. The number of likely N-dealkylation sites (N-methyl/N-ethyl adjacent to an activating group) is 1. The number of hydrogen-bond acceptors (Lipinski definition) is 3. The molecule has 2 atom stereocenters.